The van der Waals surface area contributed by atoms with Crippen molar-refractivity contribution in [1.82, 2.24) is 15.1 Å². The molecule has 1 aromatic heterocycles. The van der Waals surface area contributed by atoms with E-state index in [0.717, 1.165) is 18.2 Å². The van der Waals surface area contributed by atoms with Crippen LogP contribution in [0.1, 0.15) is 36.3 Å². The molecule has 0 spiro atoms. The molecule has 1 heterocycles. The molecule has 1 aromatic carbocycles. The average Bonchev–Trinajstić information content (AvgIpc) is 3.20. The highest BCUT2D eigenvalue weighted by Gasteiger charge is 2.27. The van der Waals surface area contributed by atoms with Gasteiger partial charge in [0.05, 0.1) is 0 Å². The fourth-order valence-electron chi connectivity index (χ4n) is 2.47. The van der Waals surface area contributed by atoms with Crippen LogP contribution in [0.3, 0.4) is 0 Å². The van der Waals surface area contributed by atoms with Crippen LogP contribution in [0, 0.1) is 0 Å². The van der Waals surface area contributed by atoms with Gasteiger partial charge in [-0.25, -0.2) is 0 Å². The molecule has 0 saturated heterocycles. The highest BCUT2D eigenvalue weighted by atomic mass is 32.1. The molecule has 5 heteroatoms. The lowest BCUT2D eigenvalue weighted by molar-refractivity contribution is 0.316. The largest absolute Gasteiger partial charge is 0.356 e. The summed E-state index contributed by atoms with van der Waals surface area (Å²) in [7, 11) is 2.15. The zero-order valence-electron chi connectivity index (χ0n) is 12.6. The van der Waals surface area contributed by atoms with Gasteiger partial charge in [0.2, 0.25) is 5.13 Å². The van der Waals surface area contributed by atoms with Gasteiger partial charge in [0.25, 0.3) is 0 Å². The Labute approximate surface area is 130 Å². The molecule has 4 nitrogen and oxygen atoms in total. The van der Waals surface area contributed by atoms with Gasteiger partial charge < -0.3 is 10.2 Å². The molecule has 0 radical (unpaired) electrons. The summed E-state index contributed by atoms with van der Waals surface area (Å²) in [6.07, 6.45) is 2.56. The lowest BCUT2D eigenvalue weighted by Crippen LogP contribution is -2.31. The summed E-state index contributed by atoms with van der Waals surface area (Å²) in [5.74, 6) is 0.689. The quantitative estimate of drug-likeness (QED) is 0.851. The molecule has 3 rings (SSSR count). The van der Waals surface area contributed by atoms with Crippen molar-refractivity contribution in [2.24, 2.45) is 0 Å². The standard InChI is InChI=1S/C16H22N4S/c1-12(10-20(2)11-13-6-4-3-5-7-13)17-16-19-18-15(21-16)14-8-9-14/h3-7,12,14H,8-11H2,1-2H3,(H,17,19). The Morgan fingerprint density at radius 1 is 1.29 bits per heavy atom. The second-order valence-electron chi connectivity index (χ2n) is 5.95. The van der Waals surface area contributed by atoms with Gasteiger partial charge in [-0.05, 0) is 32.4 Å². The number of anilines is 1. The van der Waals surface area contributed by atoms with Gasteiger partial charge >= 0.3 is 0 Å². The summed E-state index contributed by atoms with van der Waals surface area (Å²) in [4.78, 5) is 2.33. The van der Waals surface area contributed by atoms with Crippen LogP contribution in [0.5, 0.6) is 0 Å². The van der Waals surface area contributed by atoms with Crippen molar-refractivity contribution in [3.63, 3.8) is 0 Å². The third kappa shape index (κ3) is 4.25. The van der Waals surface area contributed by atoms with Crippen molar-refractivity contribution in [3.8, 4) is 0 Å². The van der Waals surface area contributed by atoms with Gasteiger partial charge in [0.15, 0.2) is 0 Å². The third-order valence-electron chi connectivity index (χ3n) is 3.62. The maximum Gasteiger partial charge on any atom is 0.205 e. The van der Waals surface area contributed by atoms with Gasteiger partial charge in [-0.2, -0.15) is 0 Å². The first kappa shape index (κ1) is 14.5. The van der Waals surface area contributed by atoms with Gasteiger partial charge in [0.1, 0.15) is 5.01 Å². The SMILES string of the molecule is CC(CN(C)Cc1ccccc1)Nc1nnc(C2CC2)s1. The predicted molar refractivity (Wildman–Crippen MR) is 87.7 cm³/mol. The molecule has 1 fully saturated rings. The Hall–Kier alpha value is -1.46. The van der Waals surface area contributed by atoms with Crippen LogP contribution in [-0.2, 0) is 6.54 Å². The number of nitrogens with zero attached hydrogens (tertiary/aromatic N) is 3. The second-order valence-corrected chi connectivity index (χ2v) is 6.96. The molecule has 0 amide bonds. The highest BCUT2D eigenvalue weighted by molar-refractivity contribution is 7.15. The van der Waals surface area contributed by atoms with E-state index in [-0.39, 0.29) is 0 Å². The molecule has 1 atom stereocenters. The minimum atomic E-state index is 0.360. The maximum atomic E-state index is 4.27. The summed E-state index contributed by atoms with van der Waals surface area (Å²) in [6.45, 7) is 4.14. The number of rotatable bonds is 7. The number of hydrogen-bond acceptors (Lipinski definition) is 5. The van der Waals surface area contributed by atoms with Crippen LogP contribution < -0.4 is 5.32 Å². The molecule has 1 aliphatic carbocycles. The number of likely N-dealkylation sites (N-methyl/N-ethyl adjacent to an activating group) is 1. The van der Waals surface area contributed by atoms with Crippen LogP contribution >= 0.6 is 11.3 Å². The van der Waals surface area contributed by atoms with Gasteiger partial charge in [-0.3, -0.25) is 0 Å². The fraction of sp³-hybridized carbons (Fsp3) is 0.500. The van der Waals surface area contributed by atoms with Crippen LogP contribution in [0.2, 0.25) is 0 Å². The number of benzene rings is 1. The molecule has 1 saturated carbocycles. The van der Waals surface area contributed by atoms with Gasteiger partial charge in [0, 0.05) is 25.0 Å². The van der Waals surface area contributed by atoms with Crippen LogP contribution in [0.4, 0.5) is 5.13 Å². The van der Waals surface area contributed by atoms with E-state index in [0.29, 0.717) is 12.0 Å². The lowest BCUT2D eigenvalue weighted by atomic mass is 10.2. The molecular formula is C16H22N4S. The van der Waals surface area contributed by atoms with E-state index in [1.54, 1.807) is 11.3 Å². The van der Waals surface area contributed by atoms with E-state index >= 15 is 0 Å². The Balaban J connectivity index is 1.47. The van der Waals surface area contributed by atoms with E-state index in [1.807, 2.05) is 0 Å². The Morgan fingerprint density at radius 2 is 2.05 bits per heavy atom. The lowest BCUT2D eigenvalue weighted by Gasteiger charge is -2.21. The van der Waals surface area contributed by atoms with E-state index in [4.69, 9.17) is 0 Å². The first-order chi connectivity index (χ1) is 10.2. The van der Waals surface area contributed by atoms with E-state index in [9.17, 15) is 0 Å². The monoisotopic (exact) mass is 302 g/mol. The summed E-state index contributed by atoms with van der Waals surface area (Å²) in [5, 5.41) is 14.1. The number of nitrogens with one attached hydrogen (secondary N) is 1. The zero-order valence-corrected chi connectivity index (χ0v) is 13.4. The van der Waals surface area contributed by atoms with E-state index in [2.05, 4.69) is 64.7 Å². The molecule has 0 aliphatic heterocycles. The van der Waals surface area contributed by atoms with E-state index in [1.165, 1.54) is 23.4 Å². The van der Waals surface area contributed by atoms with Crippen molar-refractivity contribution in [2.75, 3.05) is 18.9 Å². The fourth-order valence-corrected chi connectivity index (χ4v) is 3.50. The molecule has 1 N–H and O–H groups in total. The zero-order chi connectivity index (χ0) is 14.7. The molecule has 1 aliphatic rings. The molecule has 0 bridgehead atoms. The van der Waals surface area contributed by atoms with Crippen molar-refractivity contribution in [3.05, 3.63) is 40.9 Å². The molecule has 112 valence electrons. The molecule has 1 unspecified atom stereocenters. The first-order valence-corrected chi connectivity index (χ1v) is 8.35. The number of aromatic nitrogens is 2. The smallest absolute Gasteiger partial charge is 0.205 e. The van der Waals surface area contributed by atoms with Gasteiger partial charge in [-0.15, -0.1) is 10.2 Å². The van der Waals surface area contributed by atoms with Crippen molar-refractivity contribution >= 4 is 16.5 Å². The van der Waals surface area contributed by atoms with E-state index < -0.39 is 0 Å². The topological polar surface area (TPSA) is 41.0 Å². The van der Waals surface area contributed by atoms with Crippen LogP contribution in [0.15, 0.2) is 30.3 Å². The third-order valence-corrected chi connectivity index (χ3v) is 4.63. The van der Waals surface area contributed by atoms with Gasteiger partial charge in [-0.1, -0.05) is 41.7 Å². The van der Waals surface area contributed by atoms with Crippen molar-refractivity contribution in [1.29, 1.82) is 0 Å². The minimum Gasteiger partial charge on any atom is -0.356 e. The van der Waals surface area contributed by atoms with Crippen molar-refractivity contribution < 1.29 is 0 Å². The predicted octanol–water partition coefficient (Wildman–Crippen LogP) is 3.35. The van der Waals surface area contributed by atoms with Crippen LogP contribution in [0.25, 0.3) is 0 Å². The maximum absolute atomic E-state index is 4.27. The summed E-state index contributed by atoms with van der Waals surface area (Å²) in [6, 6.07) is 10.9. The average molecular weight is 302 g/mol. The normalized spacial score (nSPS) is 16.1. The van der Waals surface area contributed by atoms with Crippen LogP contribution in [-0.4, -0.2) is 34.7 Å². The summed E-state index contributed by atoms with van der Waals surface area (Å²) >= 11 is 1.71. The Morgan fingerprint density at radius 3 is 2.76 bits per heavy atom. The second kappa shape index (κ2) is 6.54. The first-order valence-electron chi connectivity index (χ1n) is 7.53. The Kier molecular flexibility index (Phi) is 4.51. The molecule has 21 heavy (non-hydrogen) atoms. The number of hydrogen-bond donors (Lipinski definition) is 1. The highest BCUT2D eigenvalue weighted by Crippen LogP contribution is 2.42. The minimum absolute atomic E-state index is 0.360. The summed E-state index contributed by atoms with van der Waals surface area (Å²) in [5.41, 5.74) is 1.35. The van der Waals surface area contributed by atoms with Crippen molar-refractivity contribution in [2.45, 2.75) is 38.3 Å². The molecule has 2 aromatic rings. The molecular weight excluding hydrogens is 280 g/mol. The summed E-state index contributed by atoms with van der Waals surface area (Å²) < 4.78 is 0. The Bertz CT molecular complexity index is 565.